The summed E-state index contributed by atoms with van der Waals surface area (Å²) >= 11 is 12.2. The standard InChI is InChI=1S/C16H22Cl2N2O/c1-16(2)8-5-9-19-14(16)15(21)20(3)10-11-6-4-7-12(17)13(11)18/h4,6-7,14,19H,5,8-10H2,1-3H3. The molecule has 21 heavy (non-hydrogen) atoms. The number of carbonyl (C=O) groups is 1. The molecule has 0 aromatic heterocycles. The van der Waals surface area contributed by atoms with Crippen LogP contribution in [0.15, 0.2) is 18.2 Å². The first-order chi connectivity index (χ1) is 9.83. The Kier molecular flexibility index (Phi) is 5.18. The first kappa shape index (κ1) is 16.6. The van der Waals surface area contributed by atoms with Crippen LogP contribution < -0.4 is 5.32 Å². The monoisotopic (exact) mass is 328 g/mol. The van der Waals surface area contributed by atoms with Crippen LogP contribution >= 0.6 is 23.2 Å². The summed E-state index contributed by atoms with van der Waals surface area (Å²) in [6.07, 6.45) is 2.17. The highest BCUT2D eigenvalue weighted by Crippen LogP contribution is 2.32. The van der Waals surface area contributed by atoms with Crippen molar-refractivity contribution in [3.63, 3.8) is 0 Å². The van der Waals surface area contributed by atoms with Crippen LogP contribution in [0.1, 0.15) is 32.3 Å². The van der Waals surface area contributed by atoms with E-state index in [4.69, 9.17) is 23.2 Å². The highest BCUT2D eigenvalue weighted by Gasteiger charge is 2.38. The smallest absolute Gasteiger partial charge is 0.240 e. The Morgan fingerprint density at radius 2 is 2.14 bits per heavy atom. The van der Waals surface area contributed by atoms with Gasteiger partial charge in [0.1, 0.15) is 0 Å². The third-order valence-electron chi connectivity index (χ3n) is 4.19. The molecular formula is C16H22Cl2N2O. The summed E-state index contributed by atoms with van der Waals surface area (Å²) in [5, 5.41) is 4.39. The summed E-state index contributed by atoms with van der Waals surface area (Å²) < 4.78 is 0. The van der Waals surface area contributed by atoms with Crippen molar-refractivity contribution in [3.05, 3.63) is 33.8 Å². The largest absolute Gasteiger partial charge is 0.340 e. The van der Waals surface area contributed by atoms with E-state index in [-0.39, 0.29) is 17.4 Å². The van der Waals surface area contributed by atoms with Crippen LogP contribution in [-0.2, 0) is 11.3 Å². The van der Waals surface area contributed by atoms with Crippen molar-refractivity contribution in [2.75, 3.05) is 13.6 Å². The van der Waals surface area contributed by atoms with Crippen molar-refractivity contribution in [2.24, 2.45) is 5.41 Å². The van der Waals surface area contributed by atoms with Gasteiger partial charge in [0.05, 0.1) is 16.1 Å². The van der Waals surface area contributed by atoms with E-state index in [0.29, 0.717) is 16.6 Å². The van der Waals surface area contributed by atoms with Gasteiger partial charge in [0.25, 0.3) is 0 Å². The summed E-state index contributed by atoms with van der Waals surface area (Å²) in [5.74, 6) is 0.107. The number of rotatable bonds is 3. The second kappa shape index (κ2) is 6.55. The summed E-state index contributed by atoms with van der Waals surface area (Å²) in [7, 11) is 1.81. The predicted octanol–water partition coefficient (Wildman–Crippen LogP) is 3.73. The number of piperidine rings is 1. The van der Waals surface area contributed by atoms with Gasteiger partial charge in [-0.25, -0.2) is 0 Å². The van der Waals surface area contributed by atoms with Crippen molar-refractivity contribution >= 4 is 29.1 Å². The van der Waals surface area contributed by atoms with Gasteiger partial charge >= 0.3 is 0 Å². The van der Waals surface area contributed by atoms with Crippen LogP contribution in [0.2, 0.25) is 10.0 Å². The SMILES string of the molecule is CN(Cc1cccc(Cl)c1Cl)C(=O)C1NCCCC1(C)C. The highest BCUT2D eigenvalue weighted by atomic mass is 35.5. The zero-order chi connectivity index (χ0) is 15.6. The van der Waals surface area contributed by atoms with Crippen LogP contribution in [-0.4, -0.2) is 30.4 Å². The summed E-state index contributed by atoms with van der Waals surface area (Å²) in [4.78, 5) is 14.4. The van der Waals surface area contributed by atoms with E-state index >= 15 is 0 Å². The van der Waals surface area contributed by atoms with Gasteiger partial charge in [-0.2, -0.15) is 0 Å². The van der Waals surface area contributed by atoms with E-state index in [1.807, 2.05) is 19.2 Å². The second-order valence-corrected chi connectivity index (χ2v) is 7.17. The number of nitrogens with one attached hydrogen (secondary N) is 1. The highest BCUT2D eigenvalue weighted by molar-refractivity contribution is 6.42. The van der Waals surface area contributed by atoms with Crippen LogP contribution in [0.25, 0.3) is 0 Å². The first-order valence-electron chi connectivity index (χ1n) is 7.24. The lowest BCUT2D eigenvalue weighted by atomic mass is 9.77. The predicted molar refractivity (Wildman–Crippen MR) is 87.7 cm³/mol. The van der Waals surface area contributed by atoms with Gasteiger partial charge < -0.3 is 10.2 Å². The van der Waals surface area contributed by atoms with Crippen molar-refractivity contribution in [3.8, 4) is 0 Å². The lowest BCUT2D eigenvalue weighted by Crippen LogP contribution is -2.55. The zero-order valence-corrected chi connectivity index (χ0v) is 14.3. The maximum atomic E-state index is 12.7. The normalized spacial score (nSPS) is 21.1. The average Bonchev–Trinajstić information content (AvgIpc) is 2.42. The Balaban J connectivity index is 2.10. The van der Waals surface area contributed by atoms with Crippen LogP contribution in [0.4, 0.5) is 0 Å². The number of hydrogen-bond donors (Lipinski definition) is 1. The molecule has 0 saturated carbocycles. The number of halogens is 2. The zero-order valence-electron chi connectivity index (χ0n) is 12.7. The summed E-state index contributed by atoms with van der Waals surface area (Å²) in [5.41, 5.74) is 0.843. The fraction of sp³-hybridized carbons (Fsp3) is 0.562. The molecular weight excluding hydrogens is 307 g/mol. The quantitative estimate of drug-likeness (QED) is 0.916. The van der Waals surface area contributed by atoms with Gasteiger partial charge in [0, 0.05) is 13.6 Å². The lowest BCUT2D eigenvalue weighted by molar-refractivity contribution is -0.136. The molecule has 1 heterocycles. The lowest BCUT2D eigenvalue weighted by Gasteiger charge is -2.40. The maximum Gasteiger partial charge on any atom is 0.240 e. The van der Waals surface area contributed by atoms with Gasteiger partial charge in [0.15, 0.2) is 0 Å². The fourth-order valence-corrected chi connectivity index (χ4v) is 3.24. The molecule has 1 atom stereocenters. The molecule has 2 rings (SSSR count). The molecule has 1 saturated heterocycles. The third kappa shape index (κ3) is 3.71. The molecule has 1 aromatic carbocycles. The van der Waals surface area contributed by atoms with Gasteiger partial charge in [-0.15, -0.1) is 0 Å². The molecule has 1 aliphatic heterocycles. The van der Waals surface area contributed by atoms with Crippen LogP contribution in [0.5, 0.6) is 0 Å². The fourth-order valence-electron chi connectivity index (χ4n) is 2.86. The van der Waals surface area contributed by atoms with Crippen LogP contribution in [0.3, 0.4) is 0 Å². The Labute approximate surface area is 136 Å². The Morgan fingerprint density at radius 1 is 1.43 bits per heavy atom. The van der Waals surface area contributed by atoms with Crippen molar-refractivity contribution < 1.29 is 4.79 Å². The van der Waals surface area contributed by atoms with Gasteiger partial charge in [-0.05, 0) is 36.4 Å². The third-order valence-corrected chi connectivity index (χ3v) is 5.05. The van der Waals surface area contributed by atoms with Crippen molar-refractivity contribution in [2.45, 2.75) is 39.3 Å². The number of hydrogen-bond acceptors (Lipinski definition) is 2. The number of nitrogens with zero attached hydrogens (tertiary/aromatic N) is 1. The van der Waals surface area contributed by atoms with Gasteiger partial charge in [-0.3, -0.25) is 4.79 Å². The second-order valence-electron chi connectivity index (χ2n) is 6.39. The molecule has 0 aliphatic carbocycles. The van der Waals surface area contributed by atoms with Gasteiger partial charge in [-0.1, -0.05) is 49.2 Å². The van der Waals surface area contributed by atoms with E-state index in [2.05, 4.69) is 19.2 Å². The first-order valence-corrected chi connectivity index (χ1v) is 8.00. The molecule has 0 radical (unpaired) electrons. The van der Waals surface area contributed by atoms with E-state index in [9.17, 15) is 4.79 Å². The summed E-state index contributed by atoms with van der Waals surface area (Å²) in [6, 6.07) is 5.36. The minimum absolute atomic E-state index is 0.0261. The van der Waals surface area contributed by atoms with E-state index in [0.717, 1.165) is 24.9 Å². The molecule has 1 fully saturated rings. The van der Waals surface area contributed by atoms with Crippen molar-refractivity contribution in [1.82, 2.24) is 10.2 Å². The van der Waals surface area contributed by atoms with Gasteiger partial charge in [0.2, 0.25) is 5.91 Å². The van der Waals surface area contributed by atoms with Crippen molar-refractivity contribution in [1.29, 1.82) is 0 Å². The Morgan fingerprint density at radius 3 is 2.81 bits per heavy atom. The summed E-state index contributed by atoms with van der Waals surface area (Å²) in [6.45, 7) is 5.64. The topological polar surface area (TPSA) is 32.3 Å². The minimum atomic E-state index is -0.144. The number of amides is 1. The van der Waals surface area contributed by atoms with E-state index in [1.54, 1.807) is 11.0 Å². The number of carbonyl (C=O) groups excluding carboxylic acids is 1. The molecule has 1 aromatic rings. The average molecular weight is 329 g/mol. The number of likely N-dealkylation sites (N-methyl/N-ethyl adjacent to an activating group) is 1. The molecule has 0 spiro atoms. The molecule has 0 bridgehead atoms. The molecule has 1 aliphatic rings. The van der Waals surface area contributed by atoms with E-state index in [1.165, 1.54) is 0 Å². The molecule has 1 unspecified atom stereocenters. The minimum Gasteiger partial charge on any atom is -0.340 e. The molecule has 1 amide bonds. The molecule has 116 valence electrons. The Hall–Kier alpha value is -0.770. The number of benzene rings is 1. The Bertz CT molecular complexity index is 531. The maximum absolute atomic E-state index is 12.7. The van der Waals surface area contributed by atoms with Crippen LogP contribution in [0, 0.1) is 5.41 Å². The van der Waals surface area contributed by atoms with E-state index < -0.39 is 0 Å². The molecule has 1 N–H and O–H groups in total. The molecule has 5 heteroatoms. The molecule has 3 nitrogen and oxygen atoms in total.